The normalized spacial score (nSPS) is 22.2. The van der Waals surface area contributed by atoms with Gasteiger partial charge in [0, 0.05) is 42.7 Å². The number of urea groups is 1. The Morgan fingerprint density at radius 3 is 2.75 bits per heavy atom. The van der Waals surface area contributed by atoms with Crippen LogP contribution in [0.5, 0.6) is 5.75 Å². The van der Waals surface area contributed by atoms with E-state index in [1.54, 1.807) is 23.1 Å². The molecule has 8 heteroatoms. The first-order valence-corrected chi connectivity index (χ1v) is 9.69. The van der Waals surface area contributed by atoms with Crippen LogP contribution in [0.4, 0.5) is 20.7 Å². The lowest BCUT2D eigenvalue weighted by atomic mass is 9.73. The van der Waals surface area contributed by atoms with Crippen molar-refractivity contribution in [3.8, 4) is 5.75 Å². The van der Waals surface area contributed by atoms with Gasteiger partial charge in [0.1, 0.15) is 23.5 Å². The Bertz CT molecular complexity index is 924. The molecular weight excluding hydrogens is 383 g/mol. The van der Waals surface area contributed by atoms with Gasteiger partial charge in [-0.3, -0.25) is 4.90 Å². The molecule has 1 unspecified atom stereocenters. The minimum atomic E-state index is -0.333. The number of carbonyl (C=O) groups is 1. The molecule has 3 aliphatic rings. The quantitative estimate of drug-likeness (QED) is 0.733. The molecule has 2 saturated heterocycles. The van der Waals surface area contributed by atoms with Gasteiger partial charge < -0.3 is 14.5 Å². The number of anilines is 2. The fraction of sp³-hybridized carbons (Fsp3) is 0.400. The number of fused-ring (bicyclic) bond motifs is 1. The van der Waals surface area contributed by atoms with Gasteiger partial charge in [0.2, 0.25) is 0 Å². The number of hydrogen-bond acceptors (Lipinski definition) is 4. The van der Waals surface area contributed by atoms with E-state index < -0.39 is 0 Å². The van der Waals surface area contributed by atoms with Gasteiger partial charge >= 0.3 is 6.03 Å². The van der Waals surface area contributed by atoms with Crippen molar-refractivity contribution in [1.29, 1.82) is 0 Å². The van der Waals surface area contributed by atoms with E-state index in [0.29, 0.717) is 17.3 Å². The van der Waals surface area contributed by atoms with Crippen LogP contribution in [-0.4, -0.2) is 54.7 Å². The number of rotatable bonds is 1. The average Bonchev–Trinajstić information content (AvgIpc) is 2.59. The van der Waals surface area contributed by atoms with E-state index >= 15 is 0 Å². The molecule has 0 N–H and O–H groups in total. The molecule has 3 aliphatic heterocycles. The number of carbonyl (C=O) groups excluding carboxylic acids is 1. The maximum atomic E-state index is 13.1. The van der Waals surface area contributed by atoms with Gasteiger partial charge in [0.15, 0.2) is 0 Å². The Kier molecular flexibility index (Phi) is 3.91. The van der Waals surface area contributed by atoms with Crippen LogP contribution in [0.15, 0.2) is 36.5 Å². The predicted molar refractivity (Wildman–Crippen MR) is 105 cm³/mol. The summed E-state index contributed by atoms with van der Waals surface area (Å²) >= 11 is 6.06. The predicted octanol–water partition coefficient (Wildman–Crippen LogP) is 3.40. The Morgan fingerprint density at radius 1 is 1.25 bits per heavy atom. The molecule has 0 radical (unpaired) electrons. The van der Waals surface area contributed by atoms with Crippen molar-refractivity contribution in [1.82, 2.24) is 9.88 Å². The number of hydrogen-bond donors (Lipinski definition) is 0. The van der Waals surface area contributed by atoms with Crippen molar-refractivity contribution in [3.05, 3.63) is 47.4 Å². The van der Waals surface area contributed by atoms with Gasteiger partial charge in [-0.1, -0.05) is 11.6 Å². The molecule has 146 valence electrons. The lowest BCUT2D eigenvalue weighted by Crippen LogP contribution is -2.74. The summed E-state index contributed by atoms with van der Waals surface area (Å²) in [5.74, 6) is 1.09. The van der Waals surface area contributed by atoms with Gasteiger partial charge in [-0.15, -0.1) is 0 Å². The van der Waals surface area contributed by atoms with Crippen LogP contribution >= 0.6 is 11.6 Å². The number of halogens is 2. The molecule has 5 rings (SSSR count). The summed E-state index contributed by atoms with van der Waals surface area (Å²) in [5.41, 5.74) is 0.881. The zero-order chi connectivity index (χ0) is 19.5. The minimum absolute atomic E-state index is 0.00250. The standard InChI is InChI=1S/C20H20ClFN4O2/c1-13-8-26(16-4-2-14(21)6-17(16)28-13)19(27)25-11-20(12-25)9-24(10-20)18-5-3-15(22)7-23-18/h2-7,13H,8-12H2,1H3. The first-order valence-electron chi connectivity index (χ1n) is 9.32. The lowest BCUT2D eigenvalue weighted by Gasteiger charge is -2.60. The number of pyridine rings is 1. The van der Waals surface area contributed by atoms with Crippen LogP contribution in [-0.2, 0) is 0 Å². The Morgan fingerprint density at radius 2 is 2.04 bits per heavy atom. The fourth-order valence-electron chi connectivity index (χ4n) is 4.35. The number of benzene rings is 1. The van der Waals surface area contributed by atoms with E-state index in [1.165, 1.54) is 12.3 Å². The van der Waals surface area contributed by atoms with Gasteiger partial charge in [-0.2, -0.15) is 0 Å². The number of aromatic nitrogens is 1. The van der Waals surface area contributed by atoms with Crippen molar-refractivity contribution >= 4 is 29.1 Å². The molecule has 1 aromatic heterocycles. The van der Waals surface area contributed by atoms with Crippen molar-refractivity contribution < 1.29 is 13.9 Å². The molecule has 1 atom stereocenters. The average molecular weight is 403 g/mol. The smallest absolute Gasteiger partial charge is 0.324 e. The number of nitrogens with zero attached hydrogens (tertiary/aromatic N) is 4. The maximum Gasteiger partial charge on any atom is 0.324 e. The topological polar surface area (TPSA) is 48.9 Å². The largest absolute Gasteiger partial charge is 0.487 e. The zero-order valence-corrected chi connectivity index (χ0v) is 16.2. The first kappa shape index (κ1) is 17.6. The third kappa shape index (κ3) is 2.85. The van der Waals surface area contributed by atoms with Crippen LogP contribution in [0, 0.1) is 11.2 Å². The molecule has 2 aromatic rings. The monoisotopic (exact) mass is 402 g/mol. The highest BCUT2D eigenvalue weighted by atomic mass is 35.5. The molecular formula is C20H20ClFN4O2. The highest BCUT2D eigenvalue weighted by Gasteiger charge is 2.54. The van der Waals surface area contributed by atoms with E-state index in [0.717, 1.165) is 37.7 Å². The van der Waals surface area contributed by atoms with Crippen LogP contribution < -0.4 is 14.5 Å². The molecule has 28 heavy (non-hydrogen) atoms. The second-order valence-corrected chi connectivity index (χ2v) is 8.42. The molecule has 4 heterocycles. The lowest BCUT2D eigenvalue weighted by molar-refractivity contribution is 0.00886. The molecule has 2 fully saturated rings. The SMILES string of the molecule is CC1CN(C(=O)N2CC3(C2)CN(c2ccc(F)cn2)C3)c2ccc(Cl)cc2O1. The highest BCUT2D eigenvalue weighted by molar-refractivity contribution is 6.30. The Labute approximate surface area is 167 Å². The molecule has 1 aromatic carbocycles. The third-order valence-electron chi connectivity index (χ3n) is 5.62. The fourth-order valence-corrected chi connectivity index (χ4v) is 4.51. The van der Waals surface area contributed by atoms with Gasteiger partial charge in [-0.05, 0) is 31.2 Å². The Hall–Kier alpha value is -2.54. The van der Waals surface area contributed by atoms with Crippen molar-refractivity contribution in [3.63, 3.8) is 0 Å². The minimum Gasteiger partial charge on any atom is -0.487 e. The second-order valence-electron chi connectivity index (χ2n) is 7.98. The summed E-state index contributed by atoms with van der Waals surface area (Å²) < 4.78 is 18.9. The van der Waals surface area contributed by atoms with Crippen LogP contribution in [0.3, 0.4) is 0 Å². The first-order chi connectivity index (χ1) is 13.4. The van der Waals surface area contributed by atoms with Crippen molar-refractivity contribution in [2.45, 2.75) is 13.0 Å². The molecule has 2 amide bonds. The Balaban J connectivity index is 1.24. The van der Waals surface area contributed by atoms with Gasteiger partial charge in [0.25, 0.3) is 0 Å². The summed E-state index contributed by atoms with van der Waals surface area (Å²) in [6.45, 7) is 5.57. The third-order valence-corrected chi connectivity index (χ3v) is 5.86. The number of amides is 2. The van der Waals surface area contributed by atoms with Gasteiger partial charge in [0.05, 0.1) is 18.4 Å². The number of likely N-dealkylation sites (tertiary alicyclic amines) is 1. The maximum absolute atomic E-state index is 13.1. The van der Waals surface area contributed by atoms with E-state index in [-0.39, 0.29) is 23.4 Å². The molecule has 0 aliphatic carbocycles. The molecule has 0 bridgehead atoms. The summed E-state index contributed by atoms with van der Waals surface area (Å²) in [5, 5.41) is 0.590. The van der Waals surface area contributed by atoms with Crippen LogP contribution in [0.1, 0.15) is 6.92 Å². The van der Waals surface area contributed by atoms with E-state index in [9.17, 15) is 9.18 Å². The summed E-state index contributed by atoms with van der Waals surface area (Å²) in [4.78, 5) is 23.0. The second kappa shape index (κ2) is 6.24. The molecule has 1 spiro atoms. The van der Waals surface area contributed by atoms with E-state index in [4.69, 9.17) is 16.3 Å². The highest BCUT2D eigenvalue weighted by Crippen LogP contribution is 2.43. The van der Waals surface area contributed by atoms with Crippen molar-refractivity contribution in [2.24, 2.45) is 5.41 Å². The summed E-state index contributed by atoms with van der Waals surface area (Å²) in [7, 11) is 0. The number of ether oxygens (including phenoxy) is 1. The summed E-state index contributed by atoms with van der Waals surface area (Å²) in [6.07, 6.45) is 1.15. The summed E-state index contributed by atoms with van der Waals surface area (Å²) in [6, 6.07) is 8.49. The zero-order valence-electron chi connectivity index (χ0n) is 15.4. The van der Waals surface area contributed by atoms with E-state index in [2.05, 4.69) is 9.88 Å². The van der Waals surface area contributed by atoms with E-state index in [1.807, 2.05) is 17.9 Å². The molecule has 0 saturated carbocycles. The molecule has 6 nitrogen and oxygen atoms in total. The van der Waals surface area contributed by atoms with Crippen molar-refractivity contribution in [2.75, 3.05) is 42.5 Å². The van der Waals surface area contributed by atoms with Crippen LogP contribution in [0.25, 0.3) is 0 Å². The van der Waals surface area contributed by atoms with Crippen LogP contribution in [0.2, 0.25) is 5.02 Å². The van der Waals surface area contributed by atoms with Gasteiger partial charge in [-0.25, -0.2) is 14.2 Å².